The Labute approximate surface area is 82.1 Å². The van der Waals surface area contributed by atoms with Crippen LogP contribution in [-0.2, 0) is 4.79 Å². The average molecular weight is 156 g/mol. The fourth-order valence-electron chi connectivity index (χ4n) is 0.541. The van der Waals surface area contributed by atoms with Gasteiger partial charge in [0.05, 0.1) is 6.67 Å². The number of carbonyl (C=O) groups excluding carboxylic acids is 1. The molecule has 0 aliphatic rings. The monoisotopic (exact) mass is 156 g/mol. The summed E-state index contributed by atoms with van der Waals surface area (Å²) in [6.07, 6.45) is 1.70. The summed E-state index contributed by atoms with van der Waals surface area (Å²) in [4.78, 5) is 9.76. The summed E-state index contributed by atoms with van der Waals surface area (Å²) in [7, 11) is 0. The molecule has 0 spiro atoms. The number of hydrogen-bond acceptors (Lipinski definition) is 2. The van der Waals surface area contributed by atoms with Crippen molar-refractivity contribution in [2.45, 2.75) is 25.7 Å². The summed E-state index contributed by atoms with van der Waals surface area (Å²) in [6.45, 7) is -0.354. The fourth-order valence-corrected chi connectivity index (χ4v) is 0.541. The molecule has 4 heteroatoms. The topological polar surface area (TPSA) is 40.1 Å². The Balaban J connectivity index is 0. The minimum Gasteiger partial charge on any atom is -0.550 e. The molecule has 0 aliphatic heterocycles. The van der Waals surface area contributed by atoms with E-state index in [2.05, 4.69) is 0 Å². The van der Waals surface area contributed by atoms with E-state index in [1.54, 1.807) is 0 Å². The molecule has 0 aromatic heterocycles. The standard InChI is InChI=1S/C6H11FO2.Na/c7-5-3-1-2-4-6(8)9;/h1-5H2,(H,8,9);/q;+1/p-1. The minimum atomic E-state index is -1.05. The number of carboxylic acid groups (broad SMARTS) is 1. The normalized spacial score (nSPS) is 8.50. The van der Waals surface area contributed by atoms with Gasteiger partial charge >= 0.3 is 29.6 Å². The van der Waals surface area contributed by atoms with Crippen LogP contribution in [0, 0.1) is 0 Å². The first-order chi connectivity index (χ1) is 4.27. The molecule has 0 unspecified atom stereocenters. The zero-order chi connectivity index (χ0) is 7.11. The third-order valence-corrected chi connectivity index (χ3v) is 1.01. The van der Waals surface area contributed by atoms with Crippen molar-refractivity contribution in [1.29, 1.82) is 0 Å². The van der Waals surface area contributed by atoms with Crippen molar-refractivity contribution in [3.63, 3.8) is 0 Å². The maximum absolute atomic E-state index is 11.4. The first kappa shape index (κ1) is 13.0. The quantitative estimate of drug-likeness (QED) is 0.320. The van der Waals surface area contributed by atoms with E-state index in [1.165, 1.54) is 0 Å². The molecule has 54 valence electrons. The molecule has 0 radical (unpaired) electrons. The van der Waals surface area contributed by atoms with Crippen LogP contribution in [0.3, 0.4) is 0 Å². The molecule has 10 heavy (non-hydrogen) atoms. The molecule has 0 saturated heterocycles. The smallest absolute Gasteiger partial charge is 0.550 e. The maximum atomic E-state index is 11.4. The van der Waals surface area contributed by atoms with E-state index < -0.39 is 5.97 Å². The third kappa shape index (κ3) is 11.2. The van der Waals surface area contributed by atoms with E-state index in [4.69, 9.17) is 0 Å². The Morgan fingerprint density at radius 2 is 1.90 bits per heavy atom. The molecule has 0 heterocycles. The van der Waals surface area contributed by atoms with Crippen LogP contribution < -0.4 is 34.7 Å². The van der Waals surface area contributed by atoms with Crippen molar-refractivity contribution >= 4 is 5.97 Å². The van der Waals surface area contributed by atoms with Crippen molar-refractivity contribution < 1.29 is 43.8 Å². The predicted molar refractivity (Wildman–Crippen MR) is 29.4 cm³/mol. The number of carboxylic acids is 1. The molecule has 0 bridgehead atoms. The summed E-state index contributed by atoms with van der Waals surface area (Å²) in [6, 6.07) is 0. The van der Waals surface area contributed by atoms with E-state index in [1.807, 2.05) is 0 Å². The maximum Gasteiger partial charge on any atom is 1.00 e. The number of alkyl halides is 1. The van der Waals surface area contributed by atoms with Crippen molar-refractivity contribution in [2.75, 3.05) is 6.67 Å². The molecule has 0 amide bonds. The summed E-state index contributed by atoms with van der Waals surface area (Å²) >= 11 is 0. The number of carbonyl (C=O) groups is 1. The number of aliphatic carboxylic acids is 1. The number of halogens is 1. The number of unbranched alkanes of at least 4 members (excludes halogenated alkanes) is 2. The van der Waals surface area contributed by atoms with Crippen LogP contribution in [0.1, 0.15) is 25.7 Å². The Morgan fingerprint density at radius 1 is 1.30 bits per heavy atom. The van der Waals surface area contributed by atoms with Gasteiger partial charge in [-0.15, -0.1) is 0 Å². The summed E-state index contributed by atoms with van der Waals surface area (Å²) in [5.41, 5.74) is 0. The summed E-state index contributed by atoms with van der Waals surface area (Å²) in [5.74, 6) is -1.05. The summed E-state index contributed by atoms with van der Waals surface area (Å²) in [5, 5.41) is 9.76. The van der Waals surface area contributed by atoms with Gasteiger partial charge in [-0.05, 0) is 19.3 Å². The van der Waals surface area contributed by atoms with Gasteiger partial charge in [-0.1, -0.05) is 6.42 Å². The Kier molecular flexibility index (Phi) is 12.2. The van der Waals surface area contributed by atoms with E-state index >= 15 is 0 Å². The van der Waals surface area contributed by atoms with Crippen LogP contribution in [0.5, 0.6) is 0 Å². The zero-order valence-electron chi connectivity index (χ0n) is 6.23. The molecule has 2 nitrogen and oxygen atoms in total. The molecule has 0 saturated carbocycles. The minimum absolute atomic E-state index is 0. The second-order valence-electron chi connectivity index (χ2n) is 1.87. The van der Waals surface area contributed by atoms with E-state index in [-0.39, 0.29) is 42.7 Å². The van der Waals surface area contributed by atoms with Crippen molar-refractivity contribution in [3.8, 4) is 0 Å². The van der Waals surface area contributed by atoms with Gasteiger partial charge < -0.3 is 9.90 Å². The van der Waals surface area contributed by atoms with Gasteiger partial charge in [0.15, 0.2) is 0 Å². The van der Waals surface area contributed by atoms with Gasteiger partial charge in [0.2, 0.25) is 0 Å². The largest absolute Gasteiger partial charge is 1.00 e. The van der Waals surface area contributed by atoms with Crippen LogP contribution in [0.15, 0.2) is 0 Å². The fraction of sp³-hybridized carbons (Fsp3) is 0.833. The molecular formula is C6H10FNaO2. The van der Waals surface area contributed by atoms with Gasteiger partial charge in [0.1, 0.15) is 0 Å². The van der Waals surface area contributed by atoms with Crippen LogP contribution in [-0.4, -0.2) is 12.6 Å². The molecular weight excluding hydrogens is 146 g/mol. The van der Waals surface area contributed by atoms with Gasteiger partial charge in [-0.25, -0.2) is 0 Å². The molecule has 0 aromatic rings. The Hall–Kier alpha value is 0.400. The molecule has 0 aromatic carbocycles. The first-order valence-corrected chi connectivity index (χ1v) is 3.03. The van der Waals surface area contributed by atoms with Gasteiger partial charge in [0, 0.05) is 5.97 Å². The van der Waals surface area contributed by atoms with Crippen LogP contribution >= 0.6 is 0 Å². The molecule has 0 atom stereocenters. The summed E-state index contributed by atoms with van der Waals surface area (Å²) < 4.78 is 11.4. The van der Waals surface area contributed by atoms with E-state index in [0.717, 1.165) is 0 Å². The molecule has 0 rings (SSSR count). The average Bonchev–Trinajstić information content (AvgIpc) is 1.80. The van der Waals surface area contributed by atoms with Gasteiger partial charge in [-0.2, -0.15) is 0 Å². The Morgan fingerprint density at radius 3 is 2.30 bits per heavy atom. The molecule has 0 fully saturated rings. The van der Waals surface area contributed by atoms with E-state index in [0.29, 0.717) is 19.3 Å². The van der Waals surface area contributed by atoms with Gasteiger partial charge in [-0.3, -0.25) is 4.39 Å². The van der Waals surface area contributed by atoms with Crippen LogP contribution in [0.25, 0.3) is 0 Å². The van der Waals surface area contributed by atoms with Crippen molar-refractivity contribution in [3.05, 3.63) is 0 Å². The zero-order valence-corrected chi connectivity index (χ0v) is 8.23. The number of hydrogen-bond donors (Lipinski definition) is 0. The second-order valence-corrected chi connectivity index (χ2v) is 1.87. The van der Waals surface area contributed by atoms with Crippen LogP contribution in [0.2, 0.25) is 0 Å². The van der Waals surface area contributed by atoms with E-state index in [9.17, 15) is 14.3 Å². The third-order valence-electron chi connectivity index (χ3n) is 1.01. The van der Waals surface area contributed by atoms with Crippen molar-refractivity contribution in [1.82, 2.24) is 0 Å². The van der Waals surface area contributed by atoms with Crippen molar-refractivity contribution in [2.24, 2.45) is 0 Å². The SMILES string of the molecule is O=C([O-])CCCCCF.[Na+]. The predicted octanol–water partition coefficient (Wildman–Crippen LogP) is -2.73. The number of rotatable bonds is 5. The molecule has 0 aliphatic carbocycles. The second kappa shape index (κ2) is 9.40. The van der Waals surface area contributed by atoms with Gasteiger partial charge in [0.25, 0.3) is 0 Å². The van der Waals surface area contributed by atoms with Crippen LogP contribution in [0.4, 0.5) is 4.39 Å². The first-order valence-electron chi connectivity index (χ1n) is 3.03. The Bertz CT molecular complexity index is 87.8. The molecule has 0 N–H and O–H groups in total.